The minimum atomic E-state index is -0.672. The molecule has 2 rings (SSSR count). The first kappa shape index (κ1) is 16.5. The minimum absolute atomic E-state index is 0.00832. The molecule has 1 unspecified atom stereocenters. The van der Waals surface area contributed by atoms with Crippen LogP contribution in [0.5, 0.6) is 0 Å². The maximum Gasteiger partial charge on any atom is 0.253 e. The molecule has 4 heteroatoms. The number of carbonyl (C=O) groups excluding carboxylic acids is 1. The van der Waals surface area contributed by atoms with Gasteiger partial charge in [-0.15, -0.1) is 0 Å². The third-order valence-corrected chi connectivity index (χ3v) is 4.12. The van der Waals surface area contributed by atoms with Crippen LogP contribution >= 0.6 is 0 Å². The summed E-state index contributed by atoms with van der Waals surface area (Å²) in [6.07, 6.45) is 3.26. The summed E-state index contributed by atoms with van der Waals surface area (Å²) < 4.78 is 0. The molecule has 1 aromatic carbocycles. The van der Waals surface area contributed by atoms with Gasteiger partial charge in [0.1, 0.15) is 0 Å². The quantitative estimate of drug-likeness (QED) is 0.930. The van der Waals surface area contributed by atoms with Gasteiger partial charge in [0.15, 0.2) is 0 Å². The Morgan fingerprint density at radius 1 is 1.41 bits per heavy atom. The van der Waals surface area contributed by atoms with Crippen molar-refractivity contribution in [3.8, 4) is 6.07 Å². The van der Waals surface area contributed by atoms with E-state index in [9.17, 15) is 9.90 Å². The van der Waals surface area contributed by atoms with E-state index in [1.54, 1.807) is 18.7 Å². The Kier molecular flexibility index (Phi) is 5.20. The predicted octanol–water partition coefficient (Wildman–Crippen LogP) is 2.77. The molecule has 0 aliphatic carbocycles. The van der Waals surface area contributed by atoms with Gasteiger partial charge < -0.3 is 10.0 Å². The number of nitrogens with zero attached hydrogens (tertiary/aromatic N) is 2. The second-order valence-corrected chi connectivity index (χ2v) is 6.73. The number of rotatable bonds is 4. The van der Waals surface area contributed by atoms with Crippen LogP contribution in [0, 0.1) is 17.2 Å². The second kappa shape index (κ2) is 6.93. The fraction of sp³-hybridized carbons (Fsp3) is 0.556. The summed E-state index contributed by atoms with van der Waals surface area (Å²) in [7, 11) is 0. The Hall–Kier alpha value is -1.86. The molecule has 4 nitrogen and oxygen atoms in total. The number of benzene rings is 1. The summed E-state index contributed by atoms with van der Waals surface area (Å²) in [5, 5.41) is 18.8. The van der Waals surface area contributed by atoms with E-state index < -0.39 is 5.60 Å². The molecule has 0 spiro atoms. The molecule has 22 heavy (non-hydrogen) atoms. The third-order valence-electron chi connectivity index (χ3n) is 4.12. The molecule has 0 radical (unpaired) electrons. The van der Waals surface area contributed by atoms with Crippen LogP contribution in [0.1, 0.15) is 49.0 Å². The van der Waals surface area contributed by atoms with Crippen molar-refractivity contribution >= 4 is 5.91 Å². The zero-order valence-corrected chi connectivity index (χ0v) is 13.4. The first-order valence-corrected chi connectivity index (χ1v) is 7.89. The Labute approximate surface area is 132 Å². The zero-order chi connectivity index (χ0) is 16.2. The van der Waals surface area contributed by atoms with Crippen molar-refractivity contribution in [3.63, 3.8) is 0 Å². The summed E-state index contributed by atoms with van der Waals surface area (Å²) >= 11 is 0. The number of hydrogen-bond donors (Lipinski definition) is 1. The molecule has 1 amide bonds. The third kappa shape index (κ3) is 4.57. The van der Waals surface area contributed by atoms with Gasteiger partial charge in [0, 0.05) is 18.7 Å². The molecule has 1 saturated heterocycles. The largest absolute Gasteiger partial charge is 0.390 e. The average Bonchev–Trinajstić information content (AvgIpc) is 2.52. The normalized spacial score (nSPS) is 18.8. The number of nitriles is 1. The number of piperidine rings is 1. The summed E-state index contributed by atoms with van der Waals surface area (Å²) in [5.74, 6) is -0.0299. The second-order valence-electron chi connectivity index (χ2n) is 6.73. The molecule has 1 aliphatic rings. The van der Waals surface area contributed by atoms with E-state index in [2.05, 4.69) is 6.07 Å². The number of likely N-dealkylation sites (tertiary alicyclic amines) is 1. The molecule has 0 aromatic heterocycles. The van der Waals surface area contributed by atoms with E-state index >= 15 is 0 Å². The smallest absolute Gasteiger partial charge is 0.253 e. The van der Waals surface area contributed by atoms with E-state index in [4.69, 9.17) is 5.26 Å². The van der Waals surface area contributed by atoms with Crippen molar-refractivity contribution in [1.29, 1.82) is 5.26 Å². The number of hydrogen-bond acceptors (Lipinski definition) is 3. The zero-order valence-electron chi connectivity index (χ0n) is 13.4. The summed E-state index contributed by atoms with van der Waals surface area (Å²) in [5.41, 5.74) is 1.12. The molecule has 0 bridgehead atoms. The van der Waals surface area contributed by atoms with Crippen molar-refractivity contribution < 1.29 is 9.90 Å². The van der Waals surface area contributed by atoms with Crippen molar-refractivity contribution in [3.05, 3.63) is 35.4 Å². The maximum atomic E-state index is 12.5. The van der Waals surface area contributed by atoms with Crippen LogP contribution in [0.2, 0.25) is 0 Å². The van der Waals surface area contributed by atoms with Gasteiger partial charge in [-0.2, -0.15) is 5.26 Å². The molecule has 1 aromatic rings. The monoisotopic (exact) mass is 300 g/mol. The lowest BCUT2D eigenvalue weighted by molar-refractivity contribution is 0.0694. The van der Waals surface area contributed by atoms with E-state index in [0.717, 1.165) is 31.4 Å². The number of aliphatic hydroxyl groups is 1. The van der Waals surface area contributed by atoms with Gasteiger partial charge in [0.25, 0.3) is 5.91 Å². The molecule has 1 heterocycles. The molecule has 1 atom stereocenters. The summed E-state index contributed by atoms with van der Waals surface area (Å²) in [6.45, 7) is 4.87. The van der Waals surface area contributed by atoms with Gasteiger partial charge in [-0.1, -0.05) is 12.1 Å². The van der Waals surface area contributed by atoms with E-state index in [1.165, 1.54) is 0 Å². The molecule has 1 fully saturated rings. The molecule has 1 aliphatic heterocycles. The van der Waals surface area contributed by atoms with Gasteiger partial charge in [-0.05, 0) is 57.2 Å². The van der Waals surface area contributed by atoms with Crippen molar-refractivity contribution in [1.82, 2.24) is 4.90 Å². The van der Waals surface area contributed by atoms with Crippen LogP contribution in [0.4, 0.5) is 0 Å². The SMILES string of the molecule is CC(C)(O)CCc1ccc(C(=O)N2CCCC(C#N)C2)cc1. The fourth-order valence-electron chi connectivity index (χ4n) is 2.71. The number of carbonyl (C=O) groups is 1. The van der Waals surface area contributed by atoms with Crippen LogP contribution < -0.4 is 0 Å². The molecule has 1 N–H and O–H groups in total. The molecule has 118 valence electrons. The Balaban J connectivity index is 1.98. The van der Waals surface area contributed by atoms with Gasteiger partial charge in [-0.3, -0.25) is 4.79 Å². The predicted molar refractivity (Wildman–Crippen MR) is 85.3 cm³/mol. The topological polar surface area (TPSA) is 64.3 Å². The van der Waals surface area contributed by atoms with E-state index in [1.807, 2.05) is 24.3 Å². The van der Waals surface area contributed by atoms with Crippen LogP contribution in [-0.4, -0.2) is 34.6 Å². The Morgan fingerprint density at radius 3 is 2.68 bits per heavy atom. The molecule has 0 saturated carbocycles. The lowest BCUT2D eigenvalue weighted by Crippen LogP contribution is -2.39. The highest BCUT2D eigenvalue weighted by molar-refractivity contribution is 5.94. The van der Waals surface area contributed by atoms with Crippen LogP contribution in [0.25, 0.3) is 0 Å². The van der Waals surface area contributed by atoms with Gasteiger partial charge in [0.2, 0.25) is 0 Å². The summed E-state index contributed by atoms with van der Waals surface area (Å²) in [4.78, 5) is 14.2. The standard InChI is InChI=1S/C18H24N2O2/c1-18(2,22)10-9-14-5-7-16(8-6-14)17(21)20-11-3-4-15(12-19)13-20/h5-8,15,22H,3-4,9-11,13H2,1-2H3. The molecular weight excluding hydrogens is 276 g/mol. The van der Waals surface area contributed by atoms with Crippen LogP contribution in [0.3, 0.4) is 0 Å². The first-order chi connectivity index (χ1) is 10.4. The fourth-order valence-corrected chi connectivity index (χ4v) is 2.71. The Bertz CT molecular complexity index is 552. The Morgan fingerprint density at radius 2 is 2.09 bits per heavy atom. The van der Waals surface area contributed by atoms with E-state index in [0.29, 0.717) is 18.5 Å². The van der Waals surface area contributed by atoms with Crippen LogP contribution in [0.15, 0.2) is 24.3 Å². The van der Waals surface area contributed by atoms with Crippen molar-refractivity contribution in [2.75, 3.05) is 13.1 Å². The van der Waals surface area contributed by atoms with Crippen LogP contribution in [-0.2, 0) is 6.42 Å². The number of amides is 1. The lowest BCUT2D eigenvalue weighted by atomic mass is 9.97. The maximum absolute atomic E-state index is 12.5. The highest BCUT2D eigenvalue weighted by Gasteiger charge is 2.24. The lowest BCUT2D eigenvalue weighted by Gasteiger charge is -2.29. The average molecular weight is 300 g/mol. The van der Waals surface area contributed by atoms with Gasteiger partial charge in [-0.25, -0.2) is 0 Å². The highest BCUT2D eigenvalue weighted by atomic mass is 16.3. The molecular formula is C18H24N2O2. The first-order valence-electron chi connectivity index (χ1n) is 7.89. The highest BCUT2D eigenvalue weighted by Crippen LogP contribution is 2.19. The number of aryl methyl sites for hydroxylation is 1. The van der Waals surface area contributed by atoms with Crippen molar-refractivity contribution in [2.45, 2.75) is 45.1 Å². The van der Waals surface area contributed by atoms with Gasteiger partial charge in [0.05, 0.1) is 17.6 Å². The van der Waals surface area contributed by atoms with E-state index in [-0.39, 0.29) is 11.8 Å². The van der Waals surface area contributed by atoms with Crippen molar-refractivity contribution in [2.24, 2.45) is 5.92 Å². The van der Waals surface area contributed by atoms with Gasteiger partial charge >= 0.3 is 0 Å². The summed E-state index contributed by atoms with van der Waals surface area (Å²) in [6, 6.07) is 9.85. The minimum Gasteiger partial charge on any atom is -0.390 e.